The van der Waals surface area contributed by atoms with Gasteiger partial charge in [0.15, 0.2) is 5.78 Å². The van der Waals surface area contributed by atoms with Crippen LogP contribution >= 0.6 is 0 Å². The minimum Gasteiger partial charge on any atom is -0.383 e. The van der Waals surface area contributed by atoms with Crippen molar-refractivity contribution in [1.82, 2.24) is 15.2 Å². The van der Waals surface area contributed by atoms with Crippen LogP contribution in [0.15, 0.2) is 54.7 Å². The third-order valence-corrected chi connectivity index (χ3v) is 7.30. The third-order valence-electron chi connectivity index (χ3n) is 7.30. The Labute approximate surface area is 219 Å². The van der Waals surface area contributed by atoms with Crippen LogP contribution in [0.4, 0.5) is 10.2 Å². The normalized spacial score (nSPS) is 18.7. The molecule has 2 aromatic carbocycles. The van der Waals surface area contributed by atoms with E-state index in [0.717, 1.165) is 34.7 Å². The summed E-state index contributed by atoms with van der Waals surface area (Å²) < 4.78 is 13.4. The SMILES string of the molecule is C.C[C@@H]1CCC[C@H](C)N1CC(=O)N[C@@H](Cc1ccc(F)cc1)C(=O)CCc1ccc2c(N)nccc2c1. The molecular weight excluding hydrogens is 467 g/mol. The monoisotopic (exact) mass is 506 g/mol. The maximum absolute atomic E-state index is 13.4. The molecule has 3 aromatic rings. The van der Waals surface area contributed by atoms with Gasteiger partial charge in [0, 0.05) is 30.1 Å². The topological polar surface area (TPSA) is 88.3 Å². The van der Waals surface area contributed by atoms with Crippen molar-refractivity contribution in [1.29, 1.82) is 0 Å². The molecule has 1 aliphatic rings. The molecule has 1 aromatic heterocycles. The minimum absolute atomic E-state index is 0. The van der Waals surface area contributed by atoms with Crippen LogP contribution in [0.1, 0.15) is 58.1 Å². The first-order valence-electron chi connectivity index (χ1n) is 12.8. The number of benzene rings is 2. The number of hydrogen-bond donors (Lipinski definition) is 2. The number of fused-ring (bicyclic) bond motifs is 1. The van der Waals surface area contributed by atoms with Gasteiger partial charge >= 0.3 is 0 Å². The number of nitrogens with zero attached hydrogens (tertiary/aromatic N) is 2. The largest absolute Gasteiger partial charge is 0.383 e. The zero-order chi connectivity index (χ0) is 25.7. The lowest BCUT2D eigenvalue weighted by Gasteiger charge is -2.38. The van der Waals surface area contributed by atoms with Gasteiger partial charge in [0.25, 0.3) is 0 Å². The van der Waals surface area contributed by atoms with Crippen LogP contribution in [0.5, 0.6) is 0 Å². The zero-order valence-corrected chi connectivity index (χ0v) is 21.0. The lowest BCUT2D eigenvalue weighted by molar-refractivity contribution is -0.129. The van der Waals surface area contributed by atoms with Crippen molar-refractivity contribution in [2.24, 2.45) is 0 Å². The Balaban J connectivity index is 0.00000380. The van der Waals surface area contributed by atoms with Crippen molar-refractivity contribution in [3.8, 4) is 0 Å². The molecule has 0 saturated carbocycles. The summed E-state index contributed by atoms with van der Waals surface area (Å²) in [4.78, 5) is 32.7. The summed E-state index contributed by atoms with van der Waals surface area (Å²) in [7, 11) is 0. The molecule has 0 bridgehead atoms. The maximum atomic E-state index is 13.4. The molecule has 198 valence electrons. The molecule has 1 fully saturated rings. The molecule has 0 aliphatic carbocycles. The fourth-order valence-electron chi connectivity index (χ4n) is 5.14. The molecule has 0 unspecified atom stereocenters. The Morgan fingerprint density at radius 2 is 1.76 bits per heavy atom. The number of carbonyl (C=O) groups is 2. The summed E-state index contributed by atoms with van der Waals surface area (Å²) in [5.41, 5.74) is 7.78. The Morgan fingerprint density at radius 3 is 2.46 bits per heavy atom. The summed E-state index contributed by atoms with van der Waals surface area (Å²) in [5, 5.41) is 4.86. The first kappa shape index (κ1) is 28.3. The van der Waals surface area contributed by atoms with E-state index in [4.69, 9.17) is 5.73 Å². The summed E-state index contributed by atoms with van der Waals surface area (Å²) in [6.07, 6.45) is 6.15. The molecule has 1 aliphatic heterocycles. The molecule has 3 N–H and O–H groups in total. The highest BCUT2D eigenvalue weighted by Crippen LogP contribution is 2.23. The number of carbonyl (C=O) groups excluding carboxylic acids is 2. The first-order valence-corrected chi connectivity index (χ1v) is 12.8. The third kappa shape index (κ3) is 7.35. The highest BCUT2D eigenvalue weighted by atomic mass is 19.1. The summed E-state index contributed by atoms with van der Waals surface area (Å²) >= 11 is 0. The van der Waals surface area contributed by atoms with Crippen molar-refractivity contribution in [2.75, 3.05) is 12.3 Å². The van der Waals surface area contributed by atoms with Crippen LogP contribution in [0.2, 0.25) is 0 Å². The number of likely N-dealkylation sites (tertiary alicyclic amines) is 1. The van der Waals surface area contributed by atoms with E-state index >= 15 is 0 Å². The lowest BCUT2D eigenvalue weighted by Crippen LogP contribution is -2.51. The Bertz CT molecular complexity index is 1200. The molecule has 3 atom stereocenters. The predicted molar refractivity (Wildman–Crippen MR) is 148 cm³/mol. The number of aryl methyl sites for hydroxylation is 1. The molecule has 6 nitrogen and oxygen atoms in total. The molecule has 0 radical (unpaired) electrons. The van der Waals surface area contributed by atoms with Crippen LogP contribution in [0, 0.1) is 5.82 Å². The van der Waals surface area contributed by atoms with Gasteiger partial charge in [-0.25, -0.2) is 9.37 Å². The van der Waals surface area contributed by atoms with Crippen molar-refractivity contribution in [3.05, 3.63) is 71.7 Å². The quantitative estimate of drug-likeness (QED) is 0.422. The number of nitrogens with one attached hydrogen (secondary N) is 1. The van der Waals surface area contributed by atoms with Gasteiger partial charge in [0.1, 0.15) is 11.6 Å². The number of halogens is 1. The van der Waals surface area contributed by atoms with Gasteiger partial charge in [-0.3, -0.25) is 14.5 Å². The number of nitrogen functional groups attached to an aromatic ring is 1. The number of amides is 1. The Morgan fingerprint density at radius 1 is 1.08 bits per heavy atom. The predicted octanol–water partition coefficient (Wildman–Crippen LogP) is 5.08. The van der Waals surface area contributed by atoms with E-state index in [2.05, 4.69) is 29.0 Å². The highest BCUT2D eigenvalue weighted by Gasteiger charge is 2.28. The van der Waals surface area contributed by atoms with Crippen molar-refractivity contribution in [3.63, 3.8) is 0 Å². The van der Waals surface area contributed by atoms with Gasteiger partial charge in [-0.1, -0.05) is 44.2 Å². The average Bonchev–Trinajstić information content (AvgIpc) is 2.86. The van der Waals surface area contributed by atoms with Crippen LogP contribution < -0.4 is 11.1 Å². The molecule has 4 rings (SSSR count). The molecule has 1 amide bonds. The molecular formula is C30H39FN4O2. The fraction of sp³-hybridized carbons (Fsp3) is 0.433. The second-order valence-electron chi connectivity index (χ2n) is 9.97. The number of nitrogens with two attached hydrogens (primary N) is 1. The van der Waals surface area contributed by atoms with Gasteiger partial charge in [0.2, 0.25) is 5.91 Å². The van der Waals surface area contributed by atoms with Gasteiger partial charge < -0.3 is 11.1 Å². The van der Waals surface area contributed by atoms with Gasteiger partial charge in [-0.05, 0) is 74.2 Å². The van der Waals surface area contributed by atoms with Crippen molar-refractivity contribution in [2.45, 2.75) is 77.9 Å². The highest BCUT2D eigenvalue weighted by molar-refractivity contribution is 5.92. The van der Waals surface area contributed by atoms with E-state index < -0.39 is 6.04 Å². The van der Waals surface area contributed by atoms with Crippen LogP contribution in [0.3, 0.4) is 0 Å². The Kier molecular flexibility index (Phi) is 9.75. The number of anilines is 1. The average molecular weight is 507 g/mol. The molecule has 7 heteroatoms. The Hall–Kier alpha value is -3.32. The number of pyridine rings is 1. The number of ketones is 1. The van der Waals surface area contributed by atoms with Crippen LogP contribution in [0.25, 0.3) is 10.8 Å². The molecule has 2 heterocycles. The summed E-state index contributed by atoms with van der Waals surface area (Å²) in [5.74, 6) is -0.0353. The number of rotatable bonds is 9. The minimum atomic E-state index is -0.668. The van der Waals surface area contributed by atoms with E-state index in [1.807, 2.05) is 24.3 Å². The maximum Gasteiger partial charge on any atom is 0.234 e. The fourth-order valence-corrected chi connectivity index (χ4v) is 5.14. The van der Waals surface area contributed by atoms with Crippen LogP contribution in [-0.4, -0.2) is 46.2 Å². The van der Waals surface area contributed by atoms with Crippen molar-refractivity contribution < 1.29 is 14.0 Å². The molecule has 37 heavy (non-hydrogen) atoms. The van der Waals surface area contributed by atoms with E-state index in [1.165, 1.54) is 18.6 Å². The smallest absolute Gasteiger partial charge is 0.234 e. The zero-order valence-electron chi connectivity index (χ0n) is 21.0. The van der Waals surface area contributed by atoms with Crippen molar-refractivity contribution >= 4 is 28.3 Å². The van der Waals surface area contributed by atoms with Crippen LogP contribution in [-0.2, 0) is 22.4 Å². The van der Waals surface area contributed by atoms with E-state index in [1.54, 1.807) is 18.3 Å². The van der Waals surface area contributed by atoms with Gasteiger partial charge in [-0.15, -0.1) is 0 Å². The number of Topliss-reactive ketones (excluding diaryl/α,β-unsaturated/α-hetero) is 1. The number of aromatic nitrogens is 1. The summed E-state index contributed by atoms with van der Waals surface area (Å²) in [6, 6.07) is 13.9. The van der Waals surface area contributed by atoms with Gasteiger partial charge in [0.05, 0.1) is 12.6 Å². The summed E-state index contributed by atoms with van der Waals surface area (Å²) in [6.45, 7) is 4.57. The lowest BCUT2D eigenvalue weighted by atomic mass is 9.96. The van der Waals surface area contributed by atoms with E-state index in [9.17, 15) is 14.0 Å². The first-order chi connectivity index (χ1) is 17.3. The molecule has 1 saturated heterocycles. The number of piperidine rings is 1. The standard InChI is InChI=1S/C29H35FN4O2.CH4/c1-19-4-3-5-20(2)34(19)18-28(36)33-26(17-22-6-10-24(30)11-7-22)27(35)13-9-21-8-12-25-23(16-21)14-15-32-29(25)31;/h6-8,10-12,14-16,19-20,26H,3-5,9,13,17-18H2,1-2H3,(H2,31,32)(H,33,36);1H4/t19-,20+,26-;/m0./s1. The second-order valence-corrected chi connectivity index (χ2v) is 9.97. The van der Waals surface area contributed by atoms with E-state index in [-0.39, 0.29) is 37.9 Å². The second kappa shape index (κ2) is 12.8. The van der Waals surface area contributed by atoms with Gasteiger partial charge in [-0.2, -0.15) is 0 Å². The molecule has 0 spiro atoms. The number of hydrogen-bond acceptors (Lipinski definition) is 5. The van der Waals surface area contributed by atoms with E-state index in [0.29, 0.717) is 30.7 Å².